The maximum atomic E-state index is 4.25. The summed E-state index contributed by atoms with van der Waals surface area (Å²) in [4.78, 5) is 0. The standard InChI is InChI=1S/2C32H55N8.Co/c2*1-2-10-18-17(9-1)25-33-26(18)38-28-21-13-5-6-14-22(21)30(35-28)40-32-24-16-8-7-15-23(24)31(36-32)39-29-20-12-4-3-11-19(20)27(34-29)37-25;/h2*9,17-40H,1-8,10-16H2;/q2*-1;+2. The van der Waals surface area contributed by atoms with Gasteiger partial charge in [-0.3, -0.25) is 85.1 Å². The summed E-state index contributed by atoms with van der Waals surface area (Å²) in [5.74, 6) is 11.5. The number of hydrogen-bond acceptors (Lipinski definition) is 16. The van der Waals surface area contributed by atoms with Crippen molar-refractivity contribution in [2.45, 2.75) is 291 Å². The third-order valence-corrected chi connectivity index (χ3v) is 27.1. The molecule has 10 saturated heterocycles. The number of fused-ring (bicyclic) bond motifs is 40. The summed E-state index contributed by atoms with van der Waals surface area (Å²) in [6.45, 7) is 0. The molecule has 455 valence electrons. The van der Waals surface area contributed by atoms with E-state index < -0.39 is 0 Å². The van der Waals surface area contributed by atoms with E-state index >= 15 is 0 Å². The van der Waals surface area contributed by atoms with Crippen LogP contribution in [0.1, 0.15) is 193 Å². The first-order valence-electron chi connectivity index (χ1n) is 35.4. The largest absolute Gasteiger partial charge is 2.00 e. The van der Waals surface area contributed by atoms with Crippen LogP contribution in [0.2, 0.25) is 0 Å². The van der Waals surface area contributed by atoms with E-state index in [4.69, 9.17) is 0 Å². The van der Waals surface area contributed by atoms with E-state index in [9.17, 15) is 0 Å². The molecule has 10 heterocycles. The van der Waals surface area contributed by atoms with Gasteiger partial charge >= 0.3 is 16.8 Å². The minimum Gasteiger partial charge on any atom is -0.322 e. The van der Waals surface area contributed by atoms with Gasteiger partial charge in [0.15, 0.2) is 0 Å². The van der Waals surface area contributed by atoms with Crippen molar-refractivity contribution in [3.63, 3.8) is 0 Å². The molecule has 32 unspecified atom stereocenters. The first-order valence-corrected chi connectivity index (χ1v) is 35.4. The van der Waals surface area contributed by atoms with Crippen LogP contribution >= 0.6 is 0 Å². The summed E-state index contributed by atoms with van der Waals surface area (Å²) in [5.41, 5.74) is 0. The Labute approximate surface area is 498 Å². The summed E-state index contributed by atoms with van der Waals surface area (Å²) in [5, 5.41) is 67.3. The van der Waals surface area contributed by atoms with Crippen LogP contribution in [-0.2, 0) is 16.8 Å². The van der Waals surface area contributed by atoms with Crippen molar-refractivity contribution >= 4 is 0 Å². The van der Waals surface area contributed by atoms with E-state index in [-0.39, 0.29) is 16.8 Å². The summed E-state index contributed by atoms with van der Waals surface area (Å²) >= 11 is 0. The third-order valence-electron chi connectivity index (χ3n) is 27.1. The molecule has 1 radical (unpaired) electrons. The molecule has 0 aromatic rings. The normalized spacial score (nSPS) is 56.9. The fourth-order valence-electron chi connectivity index (χ4n) is 23.5. The summed E-state index contributed by atoms with van der Waals surface area (Å²) < 4.78 is 0. The maximum absolute atomic E-state index is 4.25. The average molecular weight is 1160 g/mol. The van der Waals surface area contributed by atoms with Gasteiger partial charge in [0.2, 0.25) is 0 Å². The van der Waals surface area contributed by atoms with Gasteiger partial charge in [-0.05, 0) is 160 Å². The minimum atomic E-state index is 0. The third kappa shape index (κ3) is 10.4. The molecule has 16 N–H and O–H groups in total. The fourth-order valence-corrected chi connectivity index (χ4v) is 23.5. The molecular weight excluding hydrogens is 1050 g/mol. The molecule has 16 bridgehead atoms. The second-order valence-corrected chi connectivity index (χ2v) is 30.8. The molecule has 18 fully saturated rings. The maximum Gasteiger partial charge on any atom is 2.00 e. The van der Waals surface area contributed by atoms with Crippen LogP contribution in [0.5, 0.6) is 0 Å². The second-order valence-electron chi connectivity index (χ2n) is 30.8. The van der Waals surface area contributed by atoms with Gasteiger partial charge in [-0.15, -0.1) is 11.8 Å². The van der Waals surface area contributed by atoms with Gasteiger partial charge < -0.3 is 12.8 Å². The Bertz CT molecular complexity index is 1570. The van der Waals surface area contributed by atoms with Crippen molar-refractivity contribution in [1.29, 1.82) is 0 Å². The molecule has 10 aliphatic heterocycles. The van der Waals surface area contributed by atoms with Gasteiger partial charge in [0, 0.05) is 12.3 Å². The first kappa shape index (κ1) is 56.1. The van der Waals surface area contributed by atoms with Crippen molar-refractivity contribution in [2.75, 3.05) is 0 Å². The van der Waals surface area contributed by atoms with Crippen LogP contribution in [0.3, 0.4) is 0 Å². The van der Waals surface area contributed by atoms with Crippen LogP contribution in [-0.4, -0.2) is 98.7 Å². The van der Waals surface area contributed by atoms with Gasteiger partial charge in [0.05, 0.1) is 86.3 Å². The van der Waals surface area contributed by atoms with Crippen LogP contribution in [0.4, 0.5) is 0 Å². The average Bonchev–Trinajstić information content (AvgIpc) is 4.48. The molecule has 17 heteroatoms. The molecule has 16 nitrogen and oxygen atoms in total. The number of nitrogens with one attached hydrogen (secondary N) is 16. The molecule has 81 heavy (non-hydrogen) atoms. The zero-order valence-electron chi connectivity index (χ0n) is 49.2. The Kier molecular flexibility index (Phi) is 16.6. The molecule has 0 aromatic carbocycles. The topological polar surface area (TPSA) is 192 Å². The Balaban J connectivity index is 0.000000132. The van der Waals surface area contributed by atoms with Gasteiger partial charge in [0.25, 0.3) is 0 Å². The Morgan fingerprint density at radius 2 is 0.296 bits per heavy atom. The molecule has 0 aromatic heterocycles. The molecule has 8 aliphatic carbocycles. The van der Waals surface area contributed by atoms with Crippen molar-refractivity contribution < 1.29 is 16.8 Å². The van der Waals surface area contributed by atoms with E-state index in [1.54, 1.807) is 0 Å². The molecule has 8 saturated carbocycles. The SMILES string of the molecule is [CH-]1CCCC2C3NC(NC4NC(NC5NC(NC6NC(N3)C3CCCCC63)C3CCCCC53)C3CCCCC43)C12.[CH-]1CCCC2C3NC(NC4NC(NC5NC(NC6NC(N3)C3CCCCC63)C3CCCCC53)C3CCCCC43)C12.[Co+2]. The summed E-state index contributed by atoms with van der Waals surface area (Å²) in [6, 6.07) is 0. The van der Waals surface area contributed by atoms with Gasteiger partial charge in [-0.1, -0.05) is 103 Å². The zero-order valence-corrected chi connectivity index (χ0v) is 50.2. The van der Waals surface area contributed by atoms with Crippen LogP contribution < -0.4 is 85.1 Å². The van der Waals surface area contributed by atoms with Gasteiger partial charge in [0.1, 0.15) is 0 Å². The van der Waals surface area contributed by atoms with E-state index in [2.05, 4.69) is 97.9 Å². The van der Waals surface area contributed by atoms with Gasteiger partial charge in [-0.25, -0.2) is 0 Å². The predicted molar refractivity (Wildman–Crippen MR) is 314 cm³/mol. The molecule has 18 aliphatic rings. The van der Waals surface area contributed by atoms with E-state index in [0.717, 1.165) is 71.0 Å². The quantitative estimate of drug-likeness (QED) is 0.148. The van der Waals surface area contributed by atoms with Crippen molar-refractivity contribution in [2.24, 2.45) is 94.7 Å². The minimum absolute atomic E-state index is 0. The van der Waals surface area contributed by atoms with E-state index in [1.807, 2.05) is 0 Å². The van der Waals surface area contributed by atoms with E-state index in [1.165, 1.54) is 193 Å². The molecule has 18 rings (SSSR count). The molecular formula is C64H110CoN16. The molecule has 32 atom stereocenters. The van der Waals surface area contributed by atoms with Crippen LogP contribution in [0.15, 0.2) is 0 Å². The van der Waals surface area contributed by atoms with Crippen molar-refractivity contribution in [1.82, 2.24) is 85.1 Å². The zero-order chi connectivity index (χ0) is 52.4. The summed E-state index contributed by atoms with van der Waals surface area (Å²) in [6.07, 6.45) is 52.9. The predicted octanol–water partition coefficient (Wildman–Crippen LogP) is 4.84. The molecule has 0 amide bonds. The van der Waals surface area contributed by atoms with Gasteiger partial charge in [-0.2, -0.15) is 12.8 Å². The van der Waals surface area contributed by atoms with Crippen molar-refractivity contribution in [3.05, 3.63) is 12.8 Å². The fraction of sp³-hybridized carbons (Fsp3) is 0.969. The first-order chi connectivity index (χ1) is 39.6. The summed E-state index contributed by atoms with van der Waals surface area (Å²) in [7, 11) is 0. The van der Waals surface area contributed by atoms with E-state index in [0.29, 0.717) is 122 Å². The molecule has 0 spiro atoms. The Morgan fingerprint density at radius 1 is 0.160 bits per heavy atom. The monoisotopic (exact) mass is 1160 g/mol. The Hall–Kier alpha value is -0.134. The van der Waals surface area contributed by atoms with Crippen molar-refractivity contribution in [3.8, 4) is 0 Å². The second kappa shape index (κ2) is 24.0. The number of hydrogen-bond donors (Lipinski definition) is 16. The van der Waals surface area contributed by atoms with Crippen LogP contribution in [0, 0.1) is 108 Å². The van der Waals surface area contributed by atoms with Crippen LogP contribution in [0.25, 0.3) is 0 Å². The Morgan fingerprint density at radius 3 is 0.469 bits per heavy atom. The number of rotatable bonds is 0. The smallest absolute Gasteiger partial charge is 0.322 e.